The van der Waals surface area contributed by atoms with Crippen LogP contribution in [0.2, 0.25) is 0 Å². The zero-order chi connectivity index (χ0) is 20.5. The molecule has 0 bridgehead atoms. The summed E-state index contributed by atoms with van der Waals surface area (Å²) in [5.74, 6) is 0. The van der Waals surface area contributed by atoms with Crippen LogP contribution in [0, 0.1) is 27.7 Å². The van der Waals surface area contributed by atoms with E-state index in [2.05, 4.69) is 107 Å². The normalized spacial score (nSPS) is 13.9. The average Bonchev–Trinajstić information content (AvgIpc) is 3.02. The van der Waals surface area contributed by atoms with E-state index in [-0.39, 0.29) is 0 Å². The first-order valence-electron chi connectivity index (χ1n) is 10.5. The molecule has 3 aromatic carbocycles. The summed E-state index contributed by atoms with van der Waals surface area (Å²) in [6, 6.07) is 25.3. The molecule has 1 aliphatic carbocycles. The lowest BCUT2D eigenvalue weighted by Gasteiger charge is -2.23. The number of allylic oxidation sites excluding steroid dienone is 4. The Labute approximate surface area is 177 Å². The monoisotopic (exact) mass is 394 g/mol. The zero-order valence-corrected chi connectivity index (χ0v) is 19.4. The molecular weight excluding hydrogens is 364 g/mol. The Balaban J connectivity index is 1.93. The summed E-state index contributed by atoms with van der Waals surface area (Å²) in [7, 11) is -1.58. The maximum Gasteiger partial charge on any atom is 0.133 e. The van der Waals surface area contributed by atoms with Crippen molar-refractivity contribution >= 4 is 24.7 Å². The minimum atomic E-state index is -1.58. The summed E-state index contributed by atoms with van der Waals surface area (Å²) in [4.78, 5) is 0. The van der Waals surface area contributed by atoms with Gasteiger partial charge in [-0.2, -0.15) is 0 Å². The lowest BCUT2D eigenvalue weighted by Crippen LogP contribution is -2.45. The summed E-state index contributed by atoms with van der Waals surface area (Å²) in [5.41, 5.74) is 9.80. The van der Waals surface area contributed by atoms with Crippen molar-refractivity contribution in [1.29, 1.82) is 0 Å². The second kappa shape index (κ2) is 8.00. The first-order valence-corrected chi connectivity index (χ1v) is 12.3. The fourth-order valence-electron chi connectivity index (χ4n) is 4.90. The topological polar surface area (TPSA) is 0 Å². The largest absolute Gasteiger partial charge is 0.133 e. The van der Waals surface area contributed by atoms with Gasteiger partial charge in [0.2, 0.25) is 0 Å². The van der Waals surface area contributed by atoms with E-state index in [0.717, 1.165) is 6.42 Å². The van der Waals surface area contributed by atoms with Crippen LogP contribution in [0.25, 0.3) is 5.57 Å². The third-order valence-electron chi connectivity index (χ3n) is 5.87. The molecule has 0 aliphatic heterocycles. The van der Waals surface area contributed by atoms with Crippen molar-refractivity contribution < 1.29 is 0 Å². The highest BCUT2D eigenvalue weighted by molar-refractivity contribution is 6.93. The van der Waals surface area contributed by atoms with Crippen LogP contribution in [0.5, 0.6) is 0 Å². The molecule has 1 aliphatic rings. The Morgan fingerprint density at radius 2 is 1.10 bits per heavy atom. The van der Waals surface area contributed by atoms with Crippen LogP contribution in [0.4, 0.5) is 0 Å². The quantitative estimate of drug-likeness (QED) is 0.505. The fourth-order valence-corrected chi connectivity index (χ4v) is 8.78. The average molecular weight is 395 g/mol. The van der Waals surface area contributed by atoms with E-state index in [9.17, 15) is 0 Å². The van der Waals surface area contributed by atoms with E-state index in [1.54, 1.807) is 5.20 Å². The number of hydrogen-bond donors (Lipinski definition) is 0. The van der Waals surface area contributed by atoms with Crippen molar-refractivity contribution in [3.8, 4) is 0 Å². The van der Waals surface area contributed by atoms with Gasteiger partial charge in [0, 0.05) is 0 Å². The van der Waals surface area contributed by atoms with Gasteiger partial charge < -0.3 is 0 Å². The van der Waals surface area contributed by atoms with Crippen molar-refractivity contribution in [2.75, 3.05) is 0 Å². The molecule has 3 aromatic rings. The molecule has 0 spiro atoms. The van der Waals surface area contributed by atoms with Gasteiger partial charge in [-0.3, -0.25) is 0 Å². The summed E-state index contributed by atoms with van der Waals surface area (Å²) in [6.07, 6.45) is 3.59. The molecule has 0 atom stereocenters. The molecule has 1 heteroatoms. The van der Waals surface area contributed by atoms with Gasteiger partial charge >= 0.3 is 0 Å². The van der Waals surface area contributed by atoms with Gasteiger partial charge in [-0.1, -0.05) is 111 Å². The Morgan fingerprint density at radius 1 is 0.621 bits per heavy atom. The highest BCUT2D eigenvalue weighted by Gasteiger charge is 2.28. The van der Waals surface area contributed by atoms with Gasteiger partial charge in [-0.25, -0.2) is 0 Å². The summed E-state index contributed by atoms with van der Waals surface area (Å²) in [6.45, 7) is 11.2. The Hall–Kier alpha value is -2.64. The number of hydrogen-bond acceptors (Lipinski definition) is 0. The smallest absolute Gasteiger partial charge is 0.0801 e. The SMILES string of the molecule is CC1=C(c2ccccc2)C([SiH](c2cc(C)cc(C)c2)c2cc(C)cc(C)c2)=CC1. The predicted octanol–water partition coefficient (Wildman–Crippen LogP) is 5.60. The third-order valence-corrected chi connectivity index (χ3v) is 9.02. The molecule has 4 rings (SSSR count). The van der Waals surface area contributed by atoms with Crippen LogP contribution in [-0.2, 0) is 0 Å². The van der Waals surface area contributed by atoms with Crippen LogP contribution < -0.4 is 10.4 Å². The summed E-state index contributed by atoms with van der Waals surface area (Å²) in [5, 5.41) is 4.65. The molecule has 146 valence electrons. The summed E-state index contributed by atoms with van der Waals surface area (Å²) >= 11 is 0. The molecule has 0 saturated heterocycles. The van der Waals surface area contributed by atoms with E-state index < -0.39 is 8.80 Å². The summed E-state index contributed by atoms with van der Waals surface area (Å²) < 4.78 is 0. The lowest BCUT2D eigenvalue weighted by molar-refractivity contribution is 1.25. The van der Waals surface area contributed by atoms with Crippen LogP contribution in [0.3, 0.4) is 0 Å². The van der Waals surface area contributed by atoms with E-state index in [4.69, 9.17) is 0 Å². The van der Waals surface area contributed by atoms with Gasteiger partial charge in [0.15, 0.2) is 0 Å². The molecule has 0 N–H and O–H groups in total. The van der Waals surface area contributed by atoms with Crippen molar-refractivity contribution in [2.45, 2.75) is 41.0 Å². The van der Waals surface area contributed by atoms with Crippen LogP contribution in [0.15, 0.2) is 83.6 Å². The molecule has 0 nitrogen and oxygen atoms in total. The van der Waals surface area contributed by atoms with Gasteiger partial charge in [-0.05, 0) is 57.4 Å². The highest BCUT2D eigenvalue weighted by Crippen LogP contribution is 2.35. The standard InChI is InChI=1S/C28H30Si/c1-19-13-20(2)16-25(15-19)29(26-17-21(3)14-22(4)18-26)27-12-11-23(5)28(27)24-9-7-6-8-10-24/h6-10,12-18,29H,11H2,1-5H3. The van der Waals surface area contributed by atoms with E-state index in [0.29, 0.717) is 0 Å². The van der Waals surface area contributed by atoms with E-state index >= 15 is 0 Å². The first-order chi connectivity index (χ1) is 13.9. The van der Waals surface area contributed by atoms with E-state index in [1.165, 1.54) is 49.3 Å². The molecule has 0 unspecified atom stereocenters. The minimum Gasteiger partial charge on any atom is -0.0801 e. The molecule has 0 radical (unpaired) electrons. The molecule has 0 saturated carbocycles. The Bertz CT molecular complexity index is 1020. The molecule has 0 amide bonds. The minimum absolute atomic E-state index is 1.07. The van der Waals surface area contributed by atoms with Gasteiger partial charge in [-0.15, -0.1) is 0 Å². The molecular formula is C28H30Si. The lowest BCUT2D eigenvalue weighted by atomic mass is 10.0. The number of rotatable bonds is 4. The second-order valence-electron chi connectivity index (χ2n) is 8.66. The maximum atomic E-state index is 2.52. The number of aryl methyl sites for hydroxylation is 4. The second-order valence-corrected chi connectivity index (χ2v) is 11.5. The Morgan fingerprint density at radius 3 is 1.59 bits per heavy atom. The van der Waals surface area contributed by atoms with Gasteiger partial charge in [0.05, 0.1) is 0 Å². The maximum absolute atomic E-state index is 2.52. The first kappa shape index (κ1) is 19.7. The zero-order valence-electron chi connectivity index (χ0n) is 18.2. The van der Waals surface area contributed by atoms with Crippen molar-refractivity contribution in [2.24, 2.45) is 0 Å². The predicted molar refractivity (Wildman–Crippen MR) is 130 cm³/mol. The highest BCUT2D eigenvalue weighted by atomic mass is 28.3. The number of benzene rings is 3. The molecule has 0 fully saturated rings. The van der Waals surface area contributed by atoms with Crippen LogP contribution in [0.1, 0.15) is 41.2 Å². The van der Waals surface area contributed by atoms with Crippen LogP contribution >= 0.6 is 0 Å². The van der Waals surface area contributed by atoms with Crippen molar-refractivity contribution in [1.82, 2.24) is 0 Å². The Kier molecular flexibility index (Phi) is 5.43. The van der Waals surface area contributed by atoms with E-state index in [1.807, 2.05) is 0 Å². The van der Waals surface area contributed by atoms with Crippen molar-refractivity contribution in [3.63, 3.8) is 0 Å². The van der Waals surface area contributed by atoms with Gasteiger partial charge in [0.25, 0.3) is 0 Å². The molecule has 0 heterocycles. The third kappa shape index (κ3) is 4.06. The molecule has 29 heavy (non-hydrogen) atoms. The van der Waals surface area contributed by atoms with Gasteiger partial charge in [0.1, 0.15) is 8.80 Å². The van der Waals surface area contributed by atoms with Crippen LogP contribution in [-0.4, -0.2) is 8.80 Å². The fraction of sp³-hybridized carbons (Fsp3) is 0.214. The molecule has 0 aromatic heterocycles. The van der Waals surface area contributed by atoms with Crippen molar-refractivity contribution in [3.05, 3.63) is 111 Å².